The summed E-state index contributed by atoms with van der Waals surface area (Å²) < 4.78 is 18.6. The molecular weight excluding hydrogens is 293 g/mol. The van der Waals surface area contributed by atoms with Crippen molar-refractivity contribution in [3.63, 3.8) is 0 Å². The summed E-state index contributed by atoms with van der Waals surface area (Å²) in [4.78, 5) is 12.2. The second-order valence-electron chi connectivity index (χ2n) is 5.89. The number of hydrogen-bond donors (Lipinski definition) is 1. The SMILES string of the molecule is Cc1ccccc1OCC(=O)N[C@@H](c1ccc(F)cc1)C(C)C. The Bertz CT molecular complexity index is 653. The molecule has 0 aromatic heterocycles. The lowest BCUT2D eigenvalue weighted by atomic mass is 9.96. The van der Waals surface area contributed by atoms with E-state index in [4.69, 9.17) is 4.74 Å². The molecule has 0 fully saturated rings. The summed E-state index contributed by atoms with van der Waals surface area (Å²) in [5, 5.41) is 2.96. The molecule has 1 N–H and O–H groups in total. The van der Waals surface area contributed by atoms with Crippen molar-refractivity contribution in [2.45, 2.75) is 26.8 Å². The summed E-state index contributed by atoms with van der Waals surface area (Å²) in [5.41, 5.74) is 1.87. The van der Waals surface area contributed by atoms with Crippen molar-refractivity contribution in [1.82, 2.24) is 5.32 Å². The van der Waals surface area contributed by atoms with Crippen LogP contribution in [0.5, 0.6) is 5.75 Å². The van der Waals surface area contributed by atoms with Gasteiger partial charge in [-0.2, -0.15) is 0 Å². The molecule has 0 radical (unpaired) electrons. The fourth-order valence-electron chi connectivity index (χ4n) is 2.38. The van der Waals surface area contributed by atoms with Crippen LogP contribution in [0.4, 0.5) is 4.39 Å². The van der Waals surface area contributed by atoms with Gasteiger partial charge in [-0.3, -0.25) is 4.79 Å². The zero-order valence-electron chi connectivity index (χ0n) is 13.7. The molecule has 0 heterocycles. The van der Waals surface area contributed by atoms with E-state index < -0.39 is 0 Å². The fraction of sp³-hybridized carbons (Fsp3) is 0.316. The van der Waals surface area contributed by atoms with E-state index in [1.165, 1.54) is 12.1 Å². The van der Waals surface area contributed by atoms with Crippen LogP contribution in [0.2, 0.25) is 0 Å². The van der Waals surface area contributed by atoms with Crippen molar-refractivity contribution in [2.24, 2.45) is 5.92 Å². The van der Waals surface area contributed by atoms with Crippen LogP contribution >= 0.6 is 0 Å². The Hall–Kier alpha value is -2.36. The second-order valence-corrected chi connectivity index (χ2v) is 5.89. The lowest BCUT2D eigenvalue weighted by Crippen LogP contribution is -2.35. The summed E-state index contributed by atoms with van der Waals surface area (Å²) in [6.45, 7) is 5.91. The molecule has 0 unspecified atom stereocenters. The third kappa shape index (κ3) is 4.81. The zero-order chi connectivity index (χ0) is 16.8. The molecule has 4 heteroatoms. The predicted octanol–water partition coefficient (Wildman–Crippen LogP) is 4.03. The van der Waals surface area contributed by atoms with Crippen LogP contribution in [-0.2, 0) is 4.79 Å². The number of carbonyl (C=O) groups excluding carboxylic acids is 1. The first-order chi connectivity index (χ1) is 11.0. The number of benzene rings is 2. The number of halogens is 1. The minimum absolute atomic E-state index is 0.0464. The lowest BCUT2D eigenvalue weighted by Gasteiger charge is -2.23. The Kier molecular flexibility index (Phi) is 5.74. The number of amides is 1. The highest BCUT2D eigenvalue weighted by Gasteiger charge is 2.18. The predicted molar refractivity (Wildman–Crippen MR) is 88.8 cm³/mol. The first-order valence-corrected chi connectivity index (χ1v) is 7.70. The molecule has 23 heavy (non-hydrogen) atoms. The third-order valence-electron chi connectivity index (χ3n) is 3.66. The minimum Gasteiger partial charge on any atom is -0.484 e. The Morgan fingerprint density at radius 2 is 1.78 bits per heavy atom. The van der Waals surface area contributed by atoms with E-state index in [1.807, 2.05) is 45.0 Å². The van der Waals surface area contributed by atoms with E-state index >= 15 is 0 Å². The average molecular weight is 315 g/mol. The standard InChI is InChI=1S/C19H22FNO2/c1-13(2)19(15-8-10-16(20)11-9-15)21-18(22)12-23-17-7-5-4-6-14(17)3/h4-11,13,19H,12H2,1-3H3,(H,21,22)/t19-/m1/s1. The van der Waals surface area contributed by atoms with Crippen LogP contribution in [0.3, 0.4) is 0 Å². The van der Waals surface area contributed by atoms with Gasteiger partial charge in [0.2, 0.25) is 0 Å². The molecule has 1 atom stereocenters. The van der Waals surface area contributed by atoms with Crippen LogP contribution in [0, 0.1) is 18.7 Å². The van der Waals surface area contributed by atoms with Gasteiger partial charge in [-0.05, 0) is 42.2 Å². The van der Waals surface area contributed by atoms with Crippen LogP contribution in [0.1, 0.15) is 31.0 Å². The highest BCUT2D eigenvalue weighted by molar-refractivity contribution is 5.78. The Morgan fingerprint density at radius 3 is 2.39 bits per heavy atom. The van der Waals surface area contributed by atoms with Crippen molar-refractivity contribution >= 4 is 5.91 Å². The molecular formula is C19H22FNO2. The van der Waals surface area contributed by atoms with Gasteiger partial charge in [-0.1, -0.05) is 44.2 Å². The monoisotopic (exact) mass is 315 g/mol. The molecule has 0 saturated heterocycles. The summed E-state index contributed by atoms with van der Waals surface area (Å²) in [6.07, 6.45) is 0. The third-order valence-corrected chi connectivity index (χ3v) is 3.66. The van der Waals surface area contributed by atoms with Crippen molar-refractivity contribution in [3.8, 4) is 5.75 Å². The van der Waals surface area contributed by atoms with Crippen molar-refractivity contribution in [3.05, 3.63) is 65.5 Å². The van der Waals surface area contributed by atoms with Gasteiger partial charge in [0.25, 0.3) is 5.91 Å². The second kappa shape index (κ2) is 7.77. The van der Waals surface area contributed by atoms with Gasteiger partial charge < -0.3 is 10.1 Å². The van der Waals surface area contributed by atoms with Crippen molar-refractivity contribution in [2.75, 3.05) is 6.61 Å². The van der Waals surface area contributed by atoms with E-state index in [0.29, 0.717) is 5.75 Å². The van der Waals surface area contributed by atoms with Crippen LogP contribution in [0.25, 0.3) is 0 Å². The molecule has 2 rings (SSSR count). The largest absolute Gasteiger partial charge is 0.484 e. The molecule has 0 aliphatic rings. The highest BCUT2D eigenvalue weighted by atomic mass is 19.1. The van der Waals surface area contributed by atoms with Gasteiger partial charge in [0.05, 0.1) is 6.04 Å². The molecule has 0 aliphatic carbocycles. The lowest BCUT2D eigenvalue weighted by molar-refractivity contribution is -0.124. The van der Waals surface area contributed by atoms with Gasteiger partial charge in [0, 0.05) is 0 Å². The number of ether oxygens (including phenoxy) is 1. The summed E-state index contributed by atoms with van der Waals surface area (Å²) in [6, 6.07) is 13.6. The number of para-hydroxylation sites is 1. The summed E-state index contributed by atoms with van der Waals surface area (Å²) in [5.74, 6) is 0.398. The van der Waals surface area contributed by atoms with E-state index in [2.05, 4.69) is 5.32 Å². The van der Waals surface area contributed by atoms with E-state index in [-0.39, 0.29) is 30.3 Å². The molecule has 0 bridgehead atoms. The molecule has 2 aromatic carbocycles. The first kappa shape index (κ1) is 17.0. The summed E-state index contributed by atoms with van der Waals surface area (Å²) >= 11 is 0. The maximum Gasteiger partial charge on any atom is 0.258 e. The minimum atomic E-state index is -0.287. The normalized spacial score (nSPS) is 12.0. The average Bonchev–Trinajstić information content (AvgIpc) is 2.52. The Balaban J connectivity index is 1.98. The Morgan fingerprint density at radius 1 is 1.13 bits per heavy atom. The topological polar surface area (TPSA) is 38.3 Å². The maximum absolute atomic E-state index is 13.1. The smallest absolute Gasteiger partial charge is 0.258 e. The number of carbonyl (C=O) groups is 1. The number of rotatable bonds is 6. The Labute approximate surface area is 136 Å². The van der Waals surface area contributed by atoms with E-state index in [0.717, 1.165) is 11.1 Å². The van der Waals surface area contributed by atoms with Crippen LogP contribution < -0.4 is 10.1 Å². The van der Waals surface area contributed by atoms with Gasteiger partial charge in [-0.15, -0.1) is 0 Å². The molecule has 2 aromatic rings. The van der Waals surface area contributed by atoms with E-state index in [1.54, 1.807) is 12.1 Å². The van der Waals surface area contributed by atoms with E-state index in [9.17, 15) is 9.18 Å². The molecule has 0 spiro atoms. The fourth-order valence-corrected chi connectivity index (χ4v) is 2.38. The molecule has 3 nitrogen and oxygen atoms in total. The molecule has 122 valence electrons. The van der Waals surface area contributed by atoms with Gasteiger partial charge >= 0.3 is 0 Å². The first-order valence-electron chi connectivity index (χ1n) is 7.70. The van der Waals surface area contributed by atoms with Gasteiger partial charge in [-0.25, -0.2) is 4.39 Å². The van der Waals surface area contributed by atoms with Crippen molar-refractivity contribution in [1.29, 1.82) is 0 Å². The van der Waals surface area contributed by atoms with Crippen molar-refractivity contribution < 1.29 is 13.9 Å². The zero-order valence-corrected chi connectivity index (χ0v) is 13.7. The van der Waals surface area contributed by atoms with Crippen LogP contribution in [0.15, 0.2) is 48.5 Å². The van der Waals surface area contributed by atoms with Gasteiger partial charge in [0.1, 0.15) is 11.6 Å². The number of aryl methyl sites for hydroxylation is 1. The molecule has 0 saturated carbocycles. The molecule has 1 amide bonds. The van der Waals surface area contributed by atoms with Crippen LogP contribution in [-0.4, -0.2) is 12.5 Å². The summed E-state index contributed by atoms with van der Waals surface area (Å²) in [7, 11) is 0. The highest BCUT2D eigenvalue weighted by Crippen LogP contribution is 2.22. The maximum atomic E-state index is 13.1. The number of nitrogens with one attached hydrogen (secondary N) is 1. The number of hydrogen-bond acceptors (Lipinski definition) is 2. The molecule has 0 aliphatic heterocycles. The quantitative estimate of drug-likeness (QED) is 0.874. The van der Waals surface area contributed by atoms with Gasteiger partial charge in [0.15, 0.2) is 6.61 Å².